The van der Waals surface area contributed by atoms with Crippen molar-refractivity contribution in [1.82, 2.24) is 9.88 Å². The highest BCUT2D eigenvalue weighted by Gasteiger charge is 2.20. The number of aliphatic imine (C=N–C) groups is 1. The summed E-state index contributed by atoms with van der Waals surface area (Å²) in [6.07, 6.45) is 0. The molecule has 0 bridgehead atoms. The summed E-state index contributed by atoms with van der Waals surface area (Å²) in [6.45, 7) is 1.39. The summed E-state index contributed by atoms with van der Waals surface area (Å²) >= 11 is 3.47. The molecule has 7 nitrogen and oxygen atoms in total. The first-order chi connectivity index (χ1) is 16.7. The first kappa shape index (κ1) is 24.2. The minimum Gasteiger partial charge on any atom is -0.494 e. The summed E-state index contributed by atoms with van der Waals surface area (Å²) < 4.78 is 0.898. The predicted octanol–water partition coefficient (Wildman–Crippen LogP) is 5.25. The minimum absolute atomic E-state index is 0.0299. The summed E-state index contributed by atoms with van der Waals surface area (Å²) in [5, 5.41) is 11.7. The number of fused-ring (bicyclic) bond motifs is 1. The average Bonchev–Trinajstić information content (AvgIpc) is 3.16. The van der Waals surface area contributed by atoms with Gasteiger partial charge in [0, 0.05) is 42.1 Å². The Kier molecular flexibility index (Phi) is 7.02. The maximum absolute atomic E-state index is 12.2. The Morgan fingerprint density at radius 3 is 2.31 bits per heavy atom. The van der Waals surface area contributed by atoms with Gasteiger partial charge in [-0.25, -0.2) is 4.99 Å². The first-order valence-electron chi connectivity index (χ1n) is 11.0. The SMILES string of the molecule is CC(=O)N(CC(=O)N(C)C)c1ccc(N=C(c2ccccc2)c2c(O)[nH]c3cc(Br)ccc23)cc1. The molecule has 0 saturated heterocycles. The molecule has 178 valence electrons. The van der Waals surface area contributed by atoms with Crippen LogP contribution in [0.3, 0.4) is 0 Å². The topological polar surface area (TPSA) is 89.0 Å². The van der Waals surface area contributed by atoms with Crippen molar-refractivity contribution in [1.29, 1.82) is 0 Å². The molecule has 2 N–H and O–H groups in total. The van der Waals surface area contributed by atoms with Crippen LogP contribution in [0, 0.1) is 0 Å². The third kappa shape index (κ3) is 5.27. The van der Waals surface area contributed by atoms with E-state index in [0.29, 0.717) is 22.6 Å². The Hall–Kier alpha value is -3.91. The number of anilines is 1. The van der Waals surface area contributed by atoms with Gasteiger partial charge in [-0.3, -0.25) is 9.59 Å². The van der Waals surface area contributed by atoms with Crippen molar-refractivity contribution < 1.29 is 14.7 Å². The van der Waals surface area contributed by atoms with Crippen molar-refractivity contribution in [2.45, 2.75) is 6.92 Å². The van der Waals surface area contributed by atoms with Gasteiger partial charge in [-0.2, -0.15) is 0 Å². The summed E-state index contributed by atoms with van der Waals surface area (Å²) in [5.74, 6) is -0.367. The fraction of sp³-hybridized carbons (Fsp3) is 0.148. The normalized spacial score (nSPS) is 11.5. The Bertz CT molecular complexity index is 1410. The van der Waals surface area contributed by atoms with Gasteiger partial charge in [0.25, 0.3) is 0 Å². The summed E-state index contributed by atoms with van der Waals surface area (Å²) in [4.78, 5) is 35.2. The van der Waals surface area contributed by atoms with Crippen LogP contribution in [-0.4, -0.2) is 53.2 Å². The third-order valence-corrected chi connectivity index (χ3v) is 6.09. The molecular formula is C27H25BrN4O3. The minimum atomic E-state index is -0.226. The molecule has 4 aromatic rings. The monoisotopic (exact) mass is 532 g/mol. The van der Waals surface area contributed by atoms with Gasteiger partial charge in [0.05, 0.1) is 22.5 Å². The molecule has 0 unspecified atom stereocenters. The van der Waals surface area contributed by atoms with E-state index in [0.717, 1.165) is 20.9 Å². The van der Waals surface area contributed by atoms with E-state index in [1.54, 1.807) is 38.4 Å². The molecule has 35 heavy (non-hydrogen) atoms. The summed E-state index contributed by atoms with van der Waals surface area (Å²) in [6, 6.07) is 22.5. The second-order valence-electron chi connectivity index (χ2n) is 8.27. The molecule has 4 rings (SSSR count). The molecule has 2 amide bonds. The smallest absolute Gasteiger partial charge is 0.242 e. The maximum atomic E-state index is 12.2. The van der Waals surface area contributed by atoms with E-state index in [2.05, 4.69) is 20.9 Å². The molecule has 0 aliphatic carbocycles. The lowest BCUT2D eigenvalue weighted by molar-refractivity contribution is -0.129. The van der Waals surface area contributed by atoms with Crippen LogP contribution in [0.1, 0.15) is 18.1 Å². The highest BCUT2D eigenvalue weighted by Crippen LogP contribution is 2.33. The molecule has 1 aromatic heterocycles. The molecule has 0 fully saturated rings. The van der Waals surface area contributed by atoms with Gasteiger partial charge in [-0.15, -0.1) is 0 Å². The fourth-order valence-corrected chi connectivity index (χ4v) is 4.11. The Morgan fingerprint density at radius 2 is 1.69 bits per heavy atom. The van der Waals surface area contributed by atoms with Crippen molar-refractivity contribution in [2.24, 2.45) is 4.99 Å². The molecule has 0 saturated carbocycles. The third-order valence-electron chi connectivity index (χ3n) is 5.60. The second kappa shape index (κ2) is 10.1. The number of likely N-dealkylation sites (N-methyl/N-ethyl adjacent to an activating group) is 1. The zero-order chi connectivity index (χ0) is 25.1. The maximum Gasteiger partial charge on any atom is 0.242 e. The number of rotatable bonds is 6. The van der Waals surface area contributed by atoms with E-state index in [1.807, 2.05) is 48.5 Å². The molecule has 0 radical (unpaired) electrons. The van der Waals surface area contributed by atoms with Crippen molar-refractivity contribution in [2.75, 3.05) is 25.5 Å². The molecule has 8 heteroatoms. The van der Waals surface area contributed by atoms with Crippen LogP contribution in [0.15, 0.2) is 82.3 Å². The van der Waals surface area contributed by atoms with Crippen LogP contribution in [-0.2, 0) is 9.59 Å². The number of carbonyl (C=O) groups excluding carboxylic acids is 2. The number of hydrogen-bond acceptors (Lipinski definition) is 4. The molecular weight excluding hydrogens is 508 g/mol. The molecule has 0 aliphatic heterocycles. The van der Waals surface area contributed by atoms with E-state index in [1.165, 1.54) is 16.7 Å². The average molecular weight is 533 g/mol. The van der Waals surface area contributed by atoms with Gasteiger partial charge < -0.3 is 19.9 Å². The first-order valence-corrected chi connectivity index (χ1v) is 11.8. The quantitative estimate of drug-likeness (QED) is 0.332. The molecule has 0 aliphatic rings. The molecule has 0 spiro atoms. The van der Waals surface area contributed by atoms with E-state index >= 15 is 0 Å². The number of H-pyrrole nitrogens is 1. The number of nitrogens with zero attached hydrogens (tertiary/aromatic N) is 3. The molecule has 3 aromatic carbocycles. The molecule has 0 atom stereocenters. The highest BCUT2D eigenvalue weighted by molar-refractivity contribution is 9.10. The van der Waals surface area contributed by atoms with Crippen molar-refractivity contribution in [3.8, 4) is 5.88 Å². The van der Waals surface area contributed by atoms with E-state index in [-0.39, 0.29) is 24.2 Å². The Morgan fingerprint density at radius 1 is 1.00 bits per heavy atom. The number of aromatic nitrogens is 1. The number of nitrogens with one attached hydrogen (secondary N) is 1. The number of carbonyl (C=O) groups is 2. The van der Waals surface area contributed by atoms with Crippen molar-refractivity contribution >= 4 is 55.7 Å². The number of halogens is 1. The van der Waals surface area contributed by atoms with Crippen LogP contribution >= 0.6 is 15.9 Å². The predicted molar refractivity (Wildman–Crippen MR) is 143 cm³/mol. The number of amides is 2. The standard InChI is InChI=1S/C27H25BrN4O3/c1-17(33)32(16-24(34)31(2)3)21-12-10-20(11-13-21)29-26(18-7-5-4-6-8-18)25-22-14-9-19(28)15-23(22)30-27(25)35/h4-15,30,35H,16H2,1-3H3. The summed E-state index contributed by atoms with van der Waals surface area (Å²) in [7, 11) is 3.31. The van der Waals surface area contributed by atoms with Gasteiger partial charge in [-0.05, 0) is 36.4 Å². The summed E-state index contributed by atoms with van der Waals surface area (Å²) in [5.41, 5.74) is 4.08. The Balaban J connectivity index is 1.78. The van der Waals surface area contributed by atoms with Crippen molar-refractivity contribution in [3.63, 3.8) is 0 Å². The zero-order valence-corrected chi connectivity index (χ0v) is 21.2. The number of hydrogen-bond donors (Lipinski definition) is 2. The molecule has 1 heterocycles. The van der Waals surface area contributed by atoms with Crippen molar-refractivity contribution in [3.05, 3.63) is 88.4 Å². The van der Waals surface area contributed by atoms with Gasteiger partial charge in [0.15, 0.2) is 5.88 Å². The van der Waals surface area contributed by atoms with Gasteiger partial charge in [0.2, 0.25) is 11.8 Å². The lowest BCUT2D eigenvalue weighted by Gasteiger charge is -2.22. The van der Waals surface area contributed by atoms with E-state index in [4.69, 9.17) is 4.99 Å². The number of benzene rings is 3. The van der Waals surface area contributed by atoms with Gasteiger partial charge in [0.1, 0.15) is 6.54 Å². The number of aromatic amines is 1. The van der Waals surface area contributed by atoms with Gasteiger partial charge in [-0.1, -0.05) is 52.3 Å². The fourth-order valence-electron chi connectivity index (χ4n) is 3.75. The van der Waals surface area contributed by atoms with Crippen LogP contribution in [0.4, 0.5) is 11.4 Å². The zero-order valence-electron chi connectivity index (χ0n) is 19.6. The number of aromatic hydroxyl groups is 1. The van der Waals surface area contributed by atoms with E-state index < -0.39 is 0 Å². The van der Waals surface area contributed by atoms with E-state index in [9.17, 15) is 14.7 Å². The van der Waals surface area contributed by atoms with Crippen LogP contribution in [0.25, 0.3) is 10.9 Å². The largest absolute Gasteiger partial charge is 0.494 e. The van der Waals surface area contributed by atoms with Crippen LogP contribution in [0.5, 0.6) is 5.88 Å². The lowest BCUT2D eigenvalue weighted by Crippen LogP contribution is -2.39. The van der Waals surface area contributed by atoms with Crippen LogP contribution in [0.2, 0.25) is 0 Å². The van der Waals surface area contributed by atoms with Gasteiger partial charge >= 0.3 is 0 Å². The Labute approximate surface area is 211 Å². The van der Waals surface area contributed by atoms with Crippen LogP contribution < -0.4 is 4.90 Å². The highest BCUT2D eigenvalue weighted by atomic mass is 79.9. The lowest BCUT2D eigenvalue weighted by atomic mass is 10.0. The second-order valence-corrected chi connectivity index (χ2v) is 9.19.